The number of carbonyl (C=O) groups excluding carboxylic acids is 2. The number of hydrogen-bond acceptors (Lipinski definition) is 4. The summed E-state index contributed by atoms with van der Waals surface area (Å²) in [4.78, 5) is 28.2. The molecule has 0 aromatic heterocycles. The Morgan fingerprint density at radius 3 is 2.12 bits per heavy atom. The molecule has 1 heterocycles. The molecule has 0 saturated carbocycles. The first kappa shape index (κ1) is 29.4. The minimum Gasteiger partial charge on any atom is -0.354 e. The Balaban J connectivity index is 1.39. The molecule has 0 bridgehead atoms. The van der Waals surface area contributed by atoms with Gasteiger partial charge in [-0.3, -0.25) is 9.59 Å². The average molecular weight is 566 g/mol. The third-order valence-corrected chi connectivity index (χ3v) is 9.16. The van der Waals surface area contributed by atoms with Crippen LogP contribution in [0.15, 0.2) is 83.8 Å². The fraction of sp³-hybridized carbons (Fsp3) is 0.355. The standard InChI is InChI=1S/C31H36FN3O4S/c1-24(31(37)33-20-19-25-7-3-2-4-8-25)35(23-27-9-14-28(32)15-10-27)30(36)18-13-26-11-16-29(17-12-26)40(38,39)34-21-5-6-22-34/h2-4,7-12,14-17,24H,5-6,13,18-23H2,1H3,(H,33,37). The maximum atomic E-state index is 13.5. The molecule has 1 unspecified atom stereocenters. The smallest absolute Gasteiger partial charge is 0.243 e. The van der Waals surface area contributed by atoms with Crippen LogP contribution in [0.5, 0.6) is 0 Å². The molecule has 0 radical (unpaired) electrons. The van der Waals surface area contributed by atoms with Crippen LogP contribution in [0.4, 0.5) is 4.39 Å². The molecule has 40 heavy (non-hydrogen) atoms. The second-order valence-electron chi connectivity index (χ2n) is 10.1. The minimum absolute atomic E-state index is 0.140. The zero-order valence-corrected chi connectivity index (χ0v) is 23.6. The van der Waals surface area contributed by atoms with E-state index in [9.17, 15) is 22.4 Å². The predicted octanol–water partition coefficient (Wildman–Crippen LogP) is 4.32. The van der Waals surface area contributed by atoms with Crippen molar-refractivity contribution in [1.29, 1.82) is 0 Å². The van der Waals surface area contributed by atoms with Crippen molar-refractivity contribution in [1.82, 2.24) is 14.5 Å². The van der Waals surface area contributed by atoms with Gasteiger partial charge in [0.05, 0.1) is 4.90 Å². The molecule has 4 rings (SSSR count). The molecular formula is C31H36FN3O4S. The fourth-order valence-corrected chi connectivity index (χ4v) is 6.31. The second kappa shape index (κ2) is 13.7. The van der Waals surface area contributed by atoms with E-state index in [-0.39, 0.29) is 35.5 Å². The van der Waals surface area contributed by atoms with Crippen molar-refractivity contribution in [2.24, 2.45) is 0 Å². The highest BCUT2D eigenvalue weighted by atomic mass is 32.2. The van der Waals surface area contributed by atoms with Gasteiger partial charge >= 0.3 is 0 Å². The number of nitrogens with one attached hydrogen (secondary N) is 1. The number of carbonyl (C=O) groups is 2. The maximum absolute atomic E-state index is 13.5. The van der Waals surface area contributed by atoms with Gasteiger partial charge in [-0.2, -0.15) is 4.31 Å². The van der Waals surface area contributed by atoms with E-state index in [1.54, 1.807) is 43.3 Å². The van der Waals surface area contributed by atoms with E-state index >= 15 is 0 Å². The van der Waals surface area contributed by atoms with E-state index in [4.69, 9.17) is 0 Å². The molecule has 1 aliphatic heterocycles. The number of halogens is 1. The van der Waals surface area contributed by atoms with Gasteiger partial charge in [0, 0.05) is 32.6 Å². The number of amides is 2. The van der Waals surface area contributed by atoms with Crippen LogP contribution in [0.3, 0.4) is 0 Å². The van der Waals surface area contributed by atoms with Crippen LogP contribution in [0.1, 0.15) is 42.9 Å². The van der Waals surface area contributed by atoms with Gasteiger partial charge in [0.25, 0.3) is 0 Å². The zero-order valence-electron chi connectivity index (χ0n) is 22.8. The van der Waals surface area contributed by atoms with Crippen molar-refractivity contribution < 1.29 is 22.4 Å². The van der Waals surface area contributed by atoms with Gasteiger partial charge in [-0.25, -0.2) is 12.8 Å². The predicted molar refractivity (Wildman–Crippen MR) is 152 cm³/mol. The minimum atomic E-state index is -3.50. The Bertz CT molecular complexity index is 1370. The number of rotatable bonds is 12. The van der Waals surface area contributed by atoms with Gasteiger partial charge < -0.3 is 10.2 Å². The number of hydrogen-bond donors (Lipinski definition) is 1. The first-order valence-electron chi connectivity index (χ1n) is 13.7. The highest BCUT2D eigenvalue weighted by molar-refractivity contribution is 7.89. The van der Waals surface area contributed by atoms with Gasteiger partial charge in [0.15, 0.2) is 0 Å². The summed E-state index contributed by atoms with van der Waals surface area (Å²) in [5, 5.41) is 2.92. The Hall–Kier alpha value is -3.56. The summed E-state index contributed by atoms with van der Waals surface area (Å²) in [7, 11) is -3.50. The lowest BCUT2D eigenvalue weighted by molar-refractivity contribution is -0.140. The van der Waals surface area contributed by atoms with Crippen molar-refractivity contribution in [2.75, 3.05) is 19.6 Å². The average Bonchev–Trinajstić information content (AvgIpc) is 3.52. The van der Waals surface area contributed by atoms with E-state index in [2.05, 4.69) is 5.32 Å². The van der Waals surface area contributed by atoms with E-state index in [0.717, 1.165) is 29.5 Å². The third-order valence-electron chi connectivity index (χ3n) is 7.24. The van der Waals surface area contributed by atoms with Crippen LogP contribution in [-0.4, -0.2) is 55.1 Å². The van der Waals surface area contributed by atoms with E-state index in [1.807, 2.05) is 30.3 Å². The lowest BCUT2D eigenvalue weighted by Gasteiger charge is -2.29. The van der Waals surface area contributed by atoms with Gasteiger partial charge in [-0.15, -0.1) is 0 Å². The SMILES string of the molecule is CC(C(=O)NCCc1ccccc1)N(Cc1ccc(F)cc1)C(=O)CCc1ccc(S(=O)(=O)N2CCCC2)cc1. The van der Waals surface area contributed by atoms with Gasteiger partial charge in [0.1, 0.15) is 11.9 Å². The van der Waals surface area contributed by atoms with Crippen molar-refractivity contribution >= 4 is 21.8 Å². The molecule has 1 fully saturated rings. The Morgan fingerprint density at radius 1 is 0.875 bits per heavy atom. The molecule has 2 amide bonds. The molecule has 3 aromatic carbocycles. The molecule has 3 aromatic rings. The summed E-state index contributed by atoms with van der Waals surface area (Å²) >= 11 is 0. The van der Waals surface area contributed by atoms with E-state index in [1.165, 1.54) is 21.3 Å². The van der Waals surface area contributed by atoms with Crippen molar-refractivity contribution in [2.45, 2.75) is 56.5 Å². The summed E-state index contributed by atoms with van der Waals surface area (Å²) < 4.78 is 40.6. The van der Waals surface area contributed by atoms with Gasteiger partial charge in [0.2, 0.25) is 21.8 Å². The van der Waals surface area contributed by atoms with Crippen LogP contribution in [-0.2, 0) is 39.0 Å². The van der Waals surface area contributed by atoms with Crippen LogP contribution >= 0.6 is 0 Å². The Kier molecular flexibility index (Phi) is 10.1. The molecule has 7 nitrogen and oxygen atoms in total. The van der Waals surface area contributed by atoms with Crippen LogP contribution in [0.25, 0.3) is 0 Å². The molecule has 1 saturated heterocycles. The Labute approximate surface area is 236 Å². The normalized spacial score (nSPS) is 14.6. The zero-order chi connectivity index (χ0) is 28.5. The van der Waals surface area contributed by atoms with Crippen molar-refractivity contribution in [3.63, 3.8) is 0 Å². The molecule has 1 atom stereocenters. The first-order chi connectivity index (χ1) is 19.2. The first-order valence-corrected chi connectivity index (χ1v) is 15.1. The quantitative estimate of drug-likeness (QED) is 0.355. The number of nitrogens with zero attached hydrogens (tertiary/aromatic N) is 2. The lowest BCUT2D eigenvalue weighted by Crippen LogP contribution is -2.48. The van der Waals surface area contributed by atoms with E-state index in [0.29, 0.717) is 32.5 Å². The summed E-state index contributed by atoms with van der Waals surface area (Å²) in [6.45, 7) is 3.39. The number of aryl methyl sites for hydroxylation is 1. The second-order valence-corrected chi connectivity index (χ2v) is 12.0. The van der Waals surface area contributed by atoms with Crippen LogP contribution in [0.2, 0.25) is 0 Å². The highest BCUT2D eigenvalue weighted by Crippen LogP contribution is 2.22. The van der Waals surface area contributed by atoms with E-state index < -0.39 is 16.1 Å². The lowest BCUT2D eigenvalue weighted by atomic mass is 10.1. The topological polar surface area (TPSA) is 86.8 Å². The molecular weight excluding hydrogens is 529 g/mol. The molecule has 1 aliphatic rings. The number of benzene rings is 3. The maximum Gasteiger partial charge on any atom is 0.243 e. The summed E-state index contributed by atoms with van der Waals surface area (Å²) in [5.41, 5.74) is 2.65. The largest absolute Gasteiger partial charge is 0.354 e. The summed E-state index contributed by atoms with van der Waals surface area (Å²) in [6, 6.07) is 21.6. The van der Waals surface area contributed by atoms with Gasteiger partial charge in [-0.1, -0.05) is 54.6 Å². The molecule has 0 aliphatic carbocycles. The number of sulfonamides is 1. The third kappa shape index (κ3) is 7.76. The molecule has 9 heteroatoms. The highest BCUT2D eigenvalue weighted by Gasteiger charge is 2.28. The Morgan fingerprint density at radius 2 is 1.48 bits per heavy atom. The van der Waals surface area contributed by atoms with Crippen LogP contribution < -0.4 is 5.32 Å². The van der Waals surface area contributed by atoms with Gasteiger partial charge in [-0.05, 0) is 73.6 Å². The van der Waals surface area contributed by atoms with Crippen LogP contribution in [0, 0.1) is 5.82 Å². The molecule has 0 spiro atoms. The van der Waals surface area contributed by atoms with Crippen molar-refractivity contribution in [3.05, 3.63) is 101 Å². The van der Waals surface area contributed by atoms with Crippen molar-refractivity contribution in [3.8, 4) is 0 Å². The fourth-order valence-electron chi connectivity index (χ4n) is 4.79. The molecule has 212 valence electrons. The monoisotopic (exact) mass is 565 g/mol. The molecule has 1 N–H and O–H groups in total. The summed E-state index contributed by atoms with van der Waals surface area (Å²) in [6.07, 6.45) is 2.95. The summed E-state index contributed by atoms with van der Waals surface area (Å²) in [5.74, 6) is -0.852.